The molecule has 1 unspecified atom stereocenters. The number of alkyl halides is 3. The zero-order valence-electron chi connectivity index (χ0n) is 15.7. The Bertz CT molecular complexity index is 859. The van der Waals surface area contributed by atoms with Gasteiger partial charge in [0.15, 0.2) is 0 Å². The molecule has 1 atom stereocenters. The molecule has 29 heavy (non-hydrogen) atoms. The Hall–Kier alpha value is -2.82. The lowest BCUT2D eigenvalue weighted by molar-refractivity contribution is -0.192. The summed E-state index contributed by atoms with van der Waals surface area (Å²) in [6, 6.07) is 1.97. The van der Waals surface area contributed by atoms with E-state index in [-0.39, 0.29) is 11.8 Å². The highest BCUT2D eigenvalue weighted by Crippen LogP contribution is 2.31. The Kier molecular flexibility index (Phi) is 5.96. The number of amides is 1. The minimum Gasteiger partial charge on any atom is -0.475 e. The van der Waals surface area contributed by atoms with E-state index in [4.69, 9.17) is 14.3 Å². The van der Waals surface area contributed by atoms with Crippen molar-refractivity contribution < 1.29 is 32.3 Å². The number of carboxylic acids is 1. The Balaban J connectivity index is 0.000000298. The average molecular weight is 414 g/mol. The van der Waals surface area contributed by atoms with E-state index in [0.29, 0.717) is 0 Å². The minimum atomic E-state index is -5.08. The van der Waals surface area contributed by atoms with Crippen LogP contribution in [0.25, 0.3) is 0 Å². The number of hydrogen-bond acceptors (Lipinski definition) is 5. The van der Waals surface area contributed by atoms with Gasteiger partial charge in [-0.25, -0.2) is 9.78 Å². The second kappa shape index (κ2) is 8.27. The normalized spacial score (nSPS) is 19.0. The fourth-order valence-electron chi connectivity index (χ4n) is 3.39. The summed E-state index contributed by atoms with van der Waals surface area (Å²) < 4.78 is 38.9. The maximum atomic E-state index is 12.8. The van der Waals surface area contributed by atoms with Crippen molar-refractivity contribution >= 4 is 11.9 Å². The van der Waals surface area contributed by atoms with E-state index in [2.05, 4.69) is 9.88 Å². The minimum absolute atomic E-state index is 0.108. The summed E-state index contributed by atoms with van der Waals surface area (Å²) in [6.45, 7) is 4.10. The molecule has 11 heteroatoms. The van der Waals surface area contributed by atoms with Gasteiger partial charge in [-0.2, -0.15) is 13.2 Å². The molecule has 0 aromatic carbocycles. The van der Waals surface area contributed by atoms with E-state index in [0.717, 1.165) is 56.1 Å². The number of likely N-dealkylation sites (tertiary alicyclic amines) is 1. The van der Waals surface area contributed by atoms with Gasteiger partial charge in [0.1, 0.15) is 0 Å². The molecule has 0 spiro atoms. The summed E-state index contributed by atoms with van der Waals surface area (Å²) in [5.74, 6) is -2.62. The van der Waals surface area contributed by atoms with Crippen molar-refractivity contribution in [2.75, 3.05) is 19.6 Å². The Morgan fingerprint density at radius 1 is 1.34 bits per heavy atom. The van der Waals surface area contributed by atoms with E-state index < -0.39 is 12.1 Å². The van der Waals surface area contributed by atoms with Crippen molar-refractivity contribution in [3.63, 3.8) is 0 Å². The van der Waals surface area contributed by atoms with Crippen LogP contribution in [0.5, 0.6) is 0 Å². The zero-order chi connectivity index (χ0) is 21.2. The van der Waals surface area contributed by atoms with Crippen LogP contribution in [0.4, 0.5) is 13.2 Å². The Labute approximate surface area is 164 Å². The van der Waals surface area contributed by atoms with Crippen LogP contribution in [0.15, 0.2) is 29.3 Å². The van der Waals surface area contributed by atoms with Crippen LogP contribution in [0.1, 0.15) is 29.3 Å². The number of imidazole rings is 1. The fourth-order valence-corrected chi connectivity index (χ4v) is 3.39. The van der Waals surface area contributed by atoms with Crippen molar-refractivity contribution in [3.05, 3.63) is 41.9 Å². The molecular weight excluding hydrogens is 393 g/mol. The third kappa shape index (κ3) is 4.78. The average Bonchev–Trinajstić information content (AvgIpc) is 3.22. The summed E-state index contributed by atoms with van der Waals surface area (Å²) >= 11 is 0. The quantitative estimate of drug-likeness (QED) is 0.826. The molecule has 1 N–H and O–H groups in total. The monoisotopic (exact) mass is 414 g/mol. The van der Waals surface area contributed by atoms with Crippen LogP contribution in [0.2, 0.25) is 0 Å². The van der Waals surface area contributed by atoms with Crippen molar-refractivity contribution in [3.8, 4) is 0 Å². The van der Waals surface area contributed by atoms with Crippen molar-refractivity contribution in [1.29, 1.82) is 0 Å². The standard InChI is InChI=1S/C16H20N4O2.C2HF3O2/c1-18-11-17-14-9-19(7-12-3-6-22-10-12)8-13(15(14)18)16(21)20-4-2-5-20;3-2(4,5)1(6)7/h3,6,10-11,13H,2,4-5,7-9H2,1H3;(H,6,7). The molecule has 0 radical (unpaired) electrons. The van der Waals surface area contributed by atoms with Crippen molar-refractivity contribution in [2.24, 2.45) is 7.05 Å². The molecule has 0 bridgehead atoms. The van der Waals surface area contributed by atoms with E-state index in [1.54, 1.807) is 12.5 Å². The largest absolute Gasteiger partial charge is 0.490 e. The van der Waals surface area contributed by atoms with Gasteiger partial charge in [0.25, 0.3) is 0 Å². The van der Waals surface area contributed by atoms with E-state index in [9.17, 15) is 18.0 Å². The third-order valence-electron chi connectivity index (χ3n) is 4.90. The van der Waals surface area contributed by atoms with Gasteiger partial charge in [0.05, 0.1) is 36.2 Å². The van der Waals surface area contributed by atoms with Gasteiger partial charge in [0.2, 0.25) is 5.91 Å². The van der Waals surface area contributed by atoms with Crippen LogP contribution >= 0.6 is 0 Å². The molecule has 2 aliphatic heterocycles. The number of aryl methyl sites for hydroxylation is 1. The van der Waals surface area contributed by atoms with Gasteiger partial charge in [-0.1, -0.05) is 0 Å². The molecule has 2 aromatic heterocycles. The first-order valence-corrected chi connectivity index (χ1v) is 8.99. The van der Waals surface area contributed by atoms with Crippen LogP contribution in [-0.4, -0.2) is 62.1 Å². The van der Waals surface area contributed by atoms with Gasteiger partial charge >= 0.3 is 12.1 Å². The highest BCUT2D eigenvalue weighted by Gasteiger charge is 2.38. The first kappa shape index (κ1) is 20.9. The van der Waals surface area contributed by atoms with Crippen LogP contribution in [0.3, 0.4) is 0 Å². The van der Waals surface area contributed by atoms with Gasteiger partial charge in [0, 0.05) is 45.3 Å². The van der Waals surface area contributed by atoms with Crippen molar-refractivity contribution in [1.82, 2.24) is 19.4 Å². The number of halogens is 3. The lowest BCUT2D eigenvalue weighted by Gasteiger charge is -2.38. The maximum Gasteiger partial charge on any atom is 0.490 e. The predicted molar refractivity (Wildman–Crippen MR) is 93.7 cm³/mol. The van der Waals surface area contributed by atoms with E-state index in [1.807, 2.05) is 28.9 Å². The third-order valence-corrected chi connectivity index (χ3v) is 4.90. The number of hydrogen-bond donors (Lipinski definition) is 1. The summed E-state index contributed by atoms with van der Waals surface area (Å²) in [6.07, 6.45) is 1.31. The number of aliphatic carboxylic acids is 1. The maximum absolute atomic E-state index is 12.8. The number of carbonyl (C=O) groups excluding carboxylic acids is 1. The summed E-state index contributed by atoms with van der Waals surface area (Å²) in [5, 5.41) is 7.12. The lowest BCUT2D eigenvalue weighted by Crippen LogP contribution is -2.48. The molecule has 2 aliphatic rings. The second-order valence-electron chi connectivity index (χ2n) is 7.02. The van der Waals surface area contributed by atoms with E-state index >= 15 is 0 Å². The van der Waals surface area contributed by atoms with Crippen LogP contribution in [0, 0.1) is 0 Å². The number of fused-ring (bicyclic) bond motifs is 1. The SMILES string of the molecule is Cn1cnc2c1C(C(=O)N1CCC1)CN(Cc1ccoc1)C2.O=C(O)C(F)(F)F. The molecule has 158 valence electrons. The second-order valence-corrected chi connectivity index (χ2v) is 7.02. The number of carboxylic acid groups (broad SMARTS) is 1. The zero-order valence-corrected chi connectivity index (χ0v) is 15.7. The first-order chi connectivity index (χ1) is 13.7. The lowest BCUT2D eigenvalue weighted by atomic mass is 9.95. The van der Waals surface area contributed by atoms with Gasteiger partial charge in [-0.3, -0.25) is 9.69 Å². The van der Waals surface area contributed by atoms with Gasteiger partial charge in [-0.15, -0.1) is 0 Å². The molecule has 1 fully saturated rings. The summed E-state index contributed by atoms with van der Waals surface area (Å²) in [7, 11) is 1.98. The predicted octanol–water partition coefficient (Wildman–Crippen LogP) is 1.98. The molecule has 0 saturated carbocycles. The van der Waals surface area contributed by atoms with Crippen LogP contribution < -0.4 is 0 Å². The topological polar surface area (TPSA) is 91.8 Å². The molecule has 4 rings (SSSR count). The molecule has 2 aromatic rings. The van der Waals surface area contributed by atoms with Gasteiger partial charge < -0.3 is 19.0 Å². The highest BCUT2D eigenvalue weighted by atomic mass is 19.4. The number of aromatic nitrogens is 2. The van der Waals surface area contributed by atoms with Gasteiger partial charge in [-0.05, 0) is 12.5 Å². The van der Waals surface area contributed by atoms with E-state index in [1.165, 1.54) is 0 Å². The molecule has 1 saturated heterocycles. The highest BCUT2D eigenvalue weighted by molar-refractivity contribution is 5.84. The smallest absolute Gasteiger partial charge is 0.475 e. The first-order valence-electron chi connectivity index (χ1n) is 8.99. The molecule has 4 heterocycles. The molecule has 0 aliphatic carbocycles. The number of rotatable bonds is 3. The summed E-state index contributed by atoms with van der Waals surface area (Å²) in [4.78, 5) is 30.4. The molecule has 8 nitrogen and oxygen atoms in total. The number of furan rings is 1. The molecular formula is C18H21F3N4O4. The Morgan fingerprint density at radius 2 is 2.03 bits per heavy atom. The molecule has 1 amide bonds. The van der Waals surface area contributed by atoms with Crippen LogP contribution in [-0.2, 0) is 29.7 Å². The Morgan fingerprint density at radius 3 is 2.55 bits per heavy atom. The summed E-state index contributed by atoms with van der Waals surface area (Å²) in [5.41, 5.74) is 3.24. The number of carbonyl (C=O) groups is 2. The number of nitrogens with zero attached hydrogens (tertiary/aromatic N) is 4. The fraction of sp³-hybridized carbons (Fsp3) is 0.500. The van der Waals surface area contributed by atoms with Crippen molar-refractivity contribution in [2.45, 2.75) is 31.6 Å².